The largest absolute Gasteiger partial charge is 0.432 e. The predicted molar refractivity (Wildman–Crippen MR) is 114 cm³/mol. The number of hydrogen-bond donors (Lipinski definition) is 1. The van der Waals surface area contributed by atoms with Crippen molar-refractivity contribution in [3.8, 4) is 0 Å². The van der Waals surface area contributed by atoms with Gasteiger partial charge < -0.3 is 14.3 Å². The number of fused-ring (bicyclic) bond motifs is 2. The predicted octanol–water partition coefficient (Wildman–Crippen LogP) is 3.96. The van der Waals surface area contributed by atoms with Gasteiger partial charge in [-0.05, 0) is 50.5 Å². The number of imidazole rings is 1. The van der Waals surface area contributed by atoms with E-state index >= 15 is 0 Å². The minimum atomic E-state index is -1.77. The van der Waals surface area contributed by atoms with Gasteiger partial charge in [-0.15, -0.1) is 4.47 Å². The van der Waals surface area contributed by atoms with Gasteiger partial charge in [-0.2, -0.15) is 0 Å². The molecule has 0 saturated carbocycles. The van der Waals surface area contributed by atoms with Crippen LogP contribution in [0.5, 0.6) is 0 Å². The van der Waals surface area contributed by atoms with E-state index in [1.54, 1.807) is 18.2 Å². The summed E-state index contributed by atoms with van der Waals surface area (Å²) >= 11 is 0. The minimum Gasteiger partial charge on any atom is -0.432 e. The lowest BCUT2D eigenvalue weighted by Crippen LogP contribution is -2.41. The summed E-state index contributed by atoms with van der Waals surface area (Å²) < 4.78 is 24.9. The molecule has 10 heteroatoms. The highest BCUT2D eigenvalue weighted by molar-refractivity contribution is 7.90. The third-order valence-electron chi connectivity index (χ3n) is 5.46. The fourth-order valence-electron chi connectivity index (χ4n) is 3.86. The van der Waals surface area contributed by atoms with Crippen molar-refractivity contribution >= 4 is 16.6 Å². The second-order valence-electron chi connectivity index (χ2n) is 8.22. The summed E-state index contributed by atoms with van der Waals surface area (Å²) in [6.07, 6.45) is 8.28. The van der Waals surface area contributed by atoms with E-state index in [1.165, 1.54) is 13.8 Å². The third-order valence-corrected chi connectivity index (χ3v) is 7.23. The van der Waals surface area contributed by atoms with Crippen molar-refractivity contribution in [2.45, 2.75) is 45.2 Å². The van der Waals surface area contributed by atoms with Gasteiger partial charge in [-0.25, -0.2) is 19.4 Å². The average Bonchev–Trinajstić information content (AvgIpc) is 3.44. The summed E-state index contributed by atoms with van der Waals surface area (Å²) in [5, 5.41) is 3.59. The van der Waals surface area contributed by atoms with Gasteiger partial charge in [0, 0.05) is 29.8 Å². The molecule has 162 valence electrons. The normalized spacial score (nSPS) is 22.6. The zero-order valence-electron chi connectivity index (χ0n) is 17.7. The van der Waals surface area contributed by atoms with Gasteiger partial charge in [0.1, 0.15) is 5.37 Å². The fourth-order valence-corrected chi connectivity index (χ4v) is 5.85. The Morgan fingerprint density at radius 3 is 2.90 bits per heavy atom. The van der Waals surface area contributed by atoms with E-state index in [2.05, 4.69) is 20.4 Å². The number of H-pyrrole nitrogens is 1. The number of alkyl halides is 1. The smallest absolute Gasteiger partial charge is 0.292 e. The number of aryl methyl sites for hydroxylation is 1. The summed E-state index contributed by atoms with van der Waals surface area (Å²) in [5.41, 5.74) is 2.41. The number of aromatic amines is 1. The van der Waals surface area contributed by atoms with E-state index in [0.29, 0.717) is 18.7 Å². The molecule has 2 aromatic heterocycles. The van der Waals surface area contributed by atoms with Crippen molar-refractivity contribution in [3.05, 3.63) is 70.1 Å². The lowest BCUT2D eigenvalue weighted by Gasteiger charge is -2.34. The number of aromatic nitrogens is 3. The number of amides is 1. The first-order chi connectivity index (χ1) is 14.7. The summed E-state index contributed by atoms with van der Waals surface area (Å²) in [6, 6.07) is 0. The average molecular weight is 443 g/mol. The molecule has 5 heterocycles. The molecule has 31 heavy (non-hydrogen) atoms. The molecular weight excluding hydrogens is 419 g/mol. The Bertz CT molecular complexity index is 1200. The first-order valence-electron chi connectivity index (χ1n) is 10.0. The Hall–Kier alpha value is -3.01. The molecule has 1 N–H and O–H groups in total. The molecule has 3 aliphatic rings. The molecule has 0 aromatic carbocycles. The van der Waals surface area contributed by atoms with E-state index in [4.69, 9.17) is 8.89 Å². The molecule has 0 aliphatic carbocycles. The van der Waals surface area contributed by atoms with E-state index in [-0.39, 0.29) is 22.9 Å². The maximum Gasteiger partial charge on any atom is 0.292 e. The Labute approximate surface area is 181 Å². The van der Waals surface area contributed by atoms with Crippen LogP contribution in [-0.2, 0) is 22.8 Å². The van der Waals surface area contributed by atoms with Crippen molar-refractivity contribution < 1.29 is 13.6 Å². The van der Waals surface area contributed by atoms with Gasteiger partial charge in [0.25, 0.3) is 5.91 Å². The lowest BCUT2D eigenvalue weighted by atomic mass is 10.1. The molecule has 5 rings (SSSR count). The van der Waals surface area contributed by atoms with Crippen LogP contribution in [-0.4, -0.2) is 37.3 Å². The summed E-state index contributed by atoms with van der Waals surface area (Å²) in [5.74, 6) is -0.359. The number of halogens is 1. The topological polar surface area (TPSA) is 90.6 Å². The van der Waals surface area contributed by atoms with Gasteiger partial charge in [-0.3, -0.25) is 4.79 Å². The molecule has 0 bridgehead atoms. The quantitative estimate of drug-likeness (QED) is 0.777. The SMILES string of the molecule is CC1=CC=CC2=CS([C@H]3c4nc[nH]c4CCN3C(=O)c3oc(C(C)(C)F)nc3C)=NN12. The Morgan fingerprint density at radius 1 is 1.39 bits per heavy atom. The number of allylic oxidation sites excluding steroid dienone is 4. The highest BCUT2D eigenvalue weighted by Gasteiger charge is 2.40. The molecular formula is C21H23FN6O2S. The molecule has 2 aromatic rings. The number of oxazole rings is 1. The Kier molecular flexibility index (Phi) is 4.51. The zero-order valence-corrected chi connectivity index (χ0v) is 18.5. The van der Waals surface area contributed by atoms with Crippen molar-refractivity contribution in [2.75, 3.05) is 6.54 Å². The molecule has 8 nitrogen and oxygen atoms in total. The number of carbonyl (C=O) groups excluding carboxylic acids is 1. The van der Waals surface area contributed by atoms with Crippen LogP contribution in [0.25, 0.3) is 0 Å². The first-order valence-corrected chi connectivity index (χ1v) is 11.4. The number of carbonyl (C=O) groups is 1. The van der Waals surface area contributed by atoms with E-state index in [1.807, 2.05) is 30.2 Å². The maximum atomic E-state index is 14.4. The van der Waals surface area contributed by atoms with E-state index in [0.717, 1.165) is 22.8 Å². The highest BCUT2D eigenvalue weighted by Crippen LogP contribution is 2.38. The van der Waals surface area contributed by atoms with Crippen LogP contribution < -0.4 is 0 Å². The standard InChI is InChI=1S/C21H23FN6O2S/c1-12-6-5-7-14-10-31(26-28(12)14)19-16-15(23-11-24-16)8-9-27(19)18(29)17-13(2)25-20(30-17)21(3,4)22/h5-7,10-11,19H,8-9H2,1-4H3,(H,23,24)/t19-,31?/m0/s1. The van der Waals surface area contributed by atoms with E-state index in [9.17, 15) is 9.18 Å². The minimum absolute atomic E-state index is 0.0638. The highest BCUT2D eigenvalue weighted by atomic mass is 32.2. The summed E-state index contributed by atoms with van der Waals surface area (Å²) in [6.45, 7) is 6.84. The second kappa shape index (κ2) is 7.01. The zero-order chi connectivity index (χ0) is 21.9. The maximum absolute atomic E-state index is 14.4. The van der Waals surface area contributed by atoms with Crippen LogP contribution in [0.3, 0.4) is 0 Å². The second-order valence-corrected chi connectivity index (χ2v) is 9.76. The first kappa shape index (κ1) is 19.9. The molecule has 0 saturated heterocycles. The number of nitrogens with zero attached hydrogens (tertiary/aromatic N) is 5. The van der Waals surface area contributed by atoms with Crippen molar-refractivity contribution in [3.63, 3.8) is 0 Å². The third kappa shape index (κ3) is 3.25. The van der Waals surface area contributed by atoms with Crippen LogP contribution in [0.4, 0.5) is 4.39 Å². The molecule has 0 spiro atoms. The van der Waals surface area contributed by atoms with Crippen LogP contribution in [0.15, 0.2) is 50.2 Å². The van der Waals surface area contributed by atoms with Gasteiger partial charge in [-0.1, -0.05) is 6.08 Å². The van der Waals surface area contributed by atoms with Crippen molar-refractivity contribution in [2.24, 2.45) is 4.47 Å². The van der Waals surface area contributed by atoms with Gasteiger partial charge >= 0.3 is 0 Å². The number of nitrogens with one attached hydrogen (secondary N) is 1. The van der Waals surface area contributed by atoms with Crippen LogP contribution in [0.1, 0.15) is 59.7 Å². The van der Waals surface area contributed by atoms with Crippen molar-refractivity contribution in [1.82, 2.24) is 24.9 Å². The molecule has 2 atom stereocenters. The van der Waals surface area contributed by atoms with Gasteiger partial charge in [0.2, 0.25) is 11.7 Å². The molecule has 1 unspecified atom stereocenters. The van der Waals surface area contributed by atoms with E-state index < -0.39 is 16.4 Å². The Morgan fingerprint density at radius 2 is 2.19 bits per heavy atom. The van der Waals surface area contributed by atoms with Crippen LogP contribution in [0.2, 0.25) is 0 Å². The van der Waals surface area contributed by atoms with Gasteiger partial charge in [0.05, 0.1) is 23.4 Å². The number of rotatable bonds is 3. The molecule has 1 amide bonds. The van der Waals surface area contributed by atoms with Gasteiger partial charge in [0.15, 0.2) is 5.67 Å². The lowest BCUT2D eigenvalue weighted by molar-refractivity contribution is 0.0679. The van der Waals surface area contributed by atoms with Crippen molar-refractivity contribution in [1.29, 1.82) is 0 Å². The monoisotopic (exact) mass is 442 g/mol. The molecule has 0 fully saturated rings. The van der Waals surface area contributed by atoms with Crippen LogP contribution in [0, 0.1) is 6.92 Å². The number of hydrogen-bond acceptors (Lipinski definition) is 6. The molecule has 3 aliphatic heterocycles. The van der Waals surface area contributed by atoms with Crippen LogP contribution >= 0.6 is 0 Å². The fraction of sp³-hybridized carbons (Fsp3) is 0.381. The Balaban J connectivity index is 1.56. The summed E-state index contributed by atoms with van der Waals surface area (Å²) in [4.78, 5) is 27.2. The molecule has 0 radical (unpaired) electrons. The summed E-state index contributed by atoms with van der Waals surface area (Å²) in [7, 11) is -0.652.